The van der Waals surface area contributed by atoms with E-state index in [-0.39, 0.29) is 5.56 Å². The van der Waals surface area contributed by atoms with Crippen molar-refractivity contribution in [2.45, 2.75) is 17.8 Å². The molecule has 0 N–H and O–H groups in total. The van der Waals surface area contributed by atoms with Gasteiger partial charge in [0.05, 0.1) is 30.3 Å². The van der Waals surface area contributed by atoms with E-state index in [2.05, 4.69) is 0 Å². The van der Waals surface area contributed by atoms with E-state index < -0.39 is 5.63 Å². The fourth-order valence-electron chi connectivity index (χ4n) is 3.89. The third-order valence-electron chi connectivity index (χ3n) is 5.54. The molecule has 0 bridgehead atoms. The van der Waals surface area contributed by atoms with Crippen LogP contribution in [0.15, 0.2) is 92.0 Å². The minimum atomic E-state index is -0.447. The Bertz CT molecular complexity index is 1640. The van der Waals surface area contributed by atoms with Crippen molar-refractivity contribution < 1.29 is 13.9 Å². The summed E-state index contributed by atoms with van der Waals surface area (Å²) < 4.78 is 17.8. The van der Waals surface area contributed by atoms with Crippen LogP contribution in [0.25, 0.3) is 27.6 Å². The fraction of sp³-hybridized carbons (Fsp3) is 0.148. The zero-order chi connectivity index (χ0) is 24.4. The van der Waals surface area contributed by atoms with Crippen LogP contribution in [0.5, 0.6) is 11.5 Å². The molecule has 8 heteroatoms. The number of rotatable bonds is 7. The molecular formula is C27H22N2O5S. The number of thioether (sulfide) groups is 1. The molecule has 3 aromatic carbocycles. The van der Waals surface area contributed by atoms with Gasteiger partial charge in [0.2, 0.25) is 0 Å². The van der Waals surface area contributed by atoms with Crippen LogP contribution in [0.1, 0.15) is 12.5 Å². The number of methoxy groups -OCH3 is 1. The number of hydrogen-bond acceptors (Lipinski definition) is 7. The second-order valence-electron chi connectivity index (χ2n) is 7.72. The Balaban J connectivity index is 1.59. The first-order chi connectivity index (χ1) is 17.1. The summed E-state index contributed by atoms with van der Waals surface area (Å²) >= 11 is 1.38. The van der Waals surface area contributed by atoms with E-state index in [4.69, 9.17) is 18.9 Å². The molecule has 2 heterocycles. The van der Waals surface area contributed by atoms with Gasteiger partial charge >= 0.3 is 5.63 Å². The van der Waals surface area contributed by atoms with Crippen molar-refractivity contribution in [1.82, 2.24) is 9.55 Å². The first-order valence-corrected chi connectivity index (χ1v) is 12.0. The van der Waals surface area contributed by atoms with Crippen LogP contribution in [0.3, 0.4) is 0 Å². The predicted molar refractivity (Wildman–Crippen MR) is 137 cm³/mol. The van der Waals surface area contributed by atoms with Gasteiger partial charge in [0, 0.05) is 23.3 Å². The molecule has 0 aliphatic carbocycles. The van der Waals surface area contributed by atoms with Gasteiger partial charge in [-0.15, -0.1) is 0 Å². The Morgan fingerprint density at radius 3 is 2.49 bits per heavy atom. The van der Waals surface area contributed by atoms with E-state index in [0.717, 1.165) is 16.7 Å². The summed E-state index contributed by atoms with van der Waals surface area (Å²) in [5, 5.41) is 1.85. The third-order valence-corrected chi connectivity index (χ3v) is 6.53. The summed E-state index contributed by atoms with van der Waals surface area (Å²) in [6.45, 7) is 2.48. The molecule has 176 valence electrons. The Morgan fingerprint density at radius 2 is 1.71 bits per heavy atom. The first kappa shape index (κ1) is 22.7. The van der Waals surface area contributed by atoms with Gasteiger partial charge in [-0.05, 0) is 61.0 Å². The Morgan fingerprint density at radius 1 is 0.943 bits per heavy atom. The lowest BCUT2D eigenvalue weighted by atomic mass is 10.1. The van der Waals surface area contributed by atoms with Crippen molar-refractivity contribution in [2.24, 2.45) is 0 Å². The molecule has 0 atom stereocenters. The smallest absolute Gasteiger partial charge is 0.336 e. The summed E-state index contributed by atoms with van der Waals surface area (Å²) in [6, 6.07) is 21.5. The standard InChI is InChI=1S/C27H22N2O5S/c1-3-33-19-10-8-18(9-11-19)29-26(31)22-6-4-5-7-23(22)28-27(29)35-16-17-14-25(30)34-24-15-20(32-2)12-13-21(17)24/h4-15H,3,16H2,1-2H3. The highest BCUT2D eigenvalue weighted by atomic mass is 32.2. The number of benzene rings is 3. The second-order valence-corrected chi connectivity index (χ2v) is 8.66. The number of nitrogens with zero attached hydrogens (tertiary/aromatic N) is 2. The van der Waals surface area contributed by atoms with E-state index in [1.165, 1.54) is 17.8 Å². The lowest BCUT2D eigenvalue weighted by molar-refractivity contribution is 0.340. The zero-order valence-electron chi connectivity index (χ0n) is 19.2. The summed E-state index contributed by atoms with van der Waals surface area (Å²) in [6.07, 6.45) is 0. The maximum Gasteiger partial charge on any atom is 0.336 e. The van der Waals surface area contributed by atoms with Crippen LogP contribution in [0.4, 0.5) is 0 Å². The highest BCUT2D eigenvalue weighted by Gasteiger charge is 2.15. The molecule has 0 amide bonds. The van der Waals surface area contributed by atoms with Crippen molar-refractivity contribution in [3.63, 3.8) is 0 Å². The lowest BCUT2D eigenvalue weighted by Gasteiger charge is -2.14. The summed E-state index contributed by atoms with van der Waals surface area (Å²) in [7, 11) is 1.56. The Hall–Kier alpha value is -4.04. The molecule has 0 saturated heterocycles. The molecule has 0 aliphatic rings. The summed E-state index contributed by atoms with van der Waals surface area (Å²) in [4.78, 5) is 30.5. The SMILES string of the molecule is CCOc1ccc(-n2c(SCc3cc(=O)oc4cc(OC)ccc34)nc3ccccc3c2=O)cc1. The predicted octanol–water partition coefficient (Wildman–Crippen LogP) is 5.19. The third kappa shape index (κ3) is 4.52. The van der Waals surface area contributed by atoms with Crippen LogP contribution in [-0.2, 0) is 5.75 Å². The van der Waals surface area contributed by atoms with Gasteiger partial charge in [-0.25, -0.2) is 9.78 Å². The topological polar surface area (TPSA) is 83.6 Å². The number of ether oxygens (including phenoxy) is 2. The highest BCUT2D eigenvalue weighted by molar-refractivity contribution is 7.98. The molecule has 0 spiro atoms. The minimum absolute atomic E-state index is 0.163. The van der Waals surface area contributed by atoms with E-state index in [0.29, 0.717) is 45.4 Å². The van der Waals surface area contributed by atoms with Crippen molar-refractivity contribution in [3.05, 3.63) is 99.1 Å². The Labute approximate surface area is 204 Å². The minimum Gasteiger partial charge on any atom is -0.497 e. The van der Waals surface area contributed by atoms with Crippen LogP contribution in [-0.4, -0.2) is 23.3 Å². The van der Waals surface area contributed by atoms with E-state index >= 15 is 0 Å². The molecule has 0 unspecified atom stereocenters. The van der Waals surface area contributed by atoms with Crippen molar-refractivity contribution >= 4 is 33.6 Å². The average Bonchev–Trinajstić information content (AvgIpc) is 2.87. The van der Waals surface area contributed by atoms with E-state index in [1.807, 2.05) is 61.5 Å². The lowest BCUT2D eigenvalue weighted by Crippen LogP contribution is -2.21. The molecule has 5 rings (SSSR count). The number of aromatic nitrogens is 2. The Kier molecular flexibility index (Phi) is 6.29. The van der Waals surface area contributed by atoms with E-state index in [9.17, 15) is 9.59 Å². The molecular weight excluding hydrogens is 464 g/mol. The first-order valence-electron chi connectivity index (χ1n) is 11.1. The normalized spacial score (nSPS) is 11.1. The quantitative estimate of drug-likeness (QED) is 0.178. The zero-order valence-corrected chi connectivity index (χ0v) is 20.0. The molecule has 0 aliphatic heterocycles. The highest BCUT2D eigenvalue weighted by Crippen LogP contribution is 2.29. The van der Waals surface area contributed by atoms with Gasteiger partial charge < -0.3 is 13.9 Å². The number of para-hydroxylation sites is 1. The van der Waals surface area contributed by atoms with Crippen molar-refractivity contribution in [1.29, 1.82) is 0 Å². The van der Waals surface area contributed by atoms with Crippen molar-refractivity contribution in [3.8, 4) is 17.2 Å². The van der Waals surface area contributed by atoms with Gasteiger partial charge in [-0.3, -0.25) is 9.36 Å². The number of hydrogen-bond donors (Lipinski definition) is 0. The van der Waals surface area contributed by atoms with Gasteiger partial charge in [0.1, 0.15) is 17.1 Å². The molecule has 35 heavy (non-hydrogen) atoms. The molecule has 0 fully saturated rings. The van der Waals surface area contributed by atoms with Crippen molar-refractivity contribution in [2.75, 3.05) is 13.7 Å². The molecule has 2 aromatic heterocycles. The molecule has 0 radical (unpaired) electrons. The van der Waals surface area contributed by atoms with Gasteiger partial charge in [0.25, 0.3) is 5.56 Å². The average molecular weight is 487 g/mol. The van der Waals surface area contributed by atoms with Gasteiger partial charge in [0.15, 0.2) is 5.16 Å². The maximum absolute atomic E-state index is 13.5. The van der Waals surface area contributed by atoms with E-state index in [1.54, 1.807) is 23.8 Å². The molecule has 5 aromatic rings. The second kappa shape index (κ2) is 9.68. The monoisotopic (exact) mass is 486 g/mol. The van der Waals surface area contributed by atoms with Crippen LogP contribution in [0, 0.1) is 0 Å². The largest absolute Gasteiger partial charge is 0.497 e. The molecule has 7 nitrogen and oxygen atoms in total. The fourth-order valence-corrected chi connectivity index (χ4v) is 4.90. The summed E-state index contributed by atoms with van der Waals surface area (Å²) in [5.74, 6) is 1.74. The van der Waals surface area contributed by atoms with Gasteiger partial charge in [-0.2, -0.15) is 0 Å². The van der Waals surface area contributed by atoms with Crippen LogP contribution >= 0.6 is 11.8 Å². The maximum atomic E-state index is 13.5. The van der Waals surface area contributed by atoms with Crippen LogP contribution < -0.4 is 20.7 Å². The molecule has 0 saturated carbocycles. The summed E-state index contributed by atoms with van der Waals surface area (Å²) in [5.41, 5.74) is 1.92. The van der Waals surface area contributed by atoms with Crippen LogP contribution in [0.2, 0.25) is 0 Å². The van der Waals surface area contributed by atoms with Gasteiger partial charge in [-0.1, -0.05) is 23.9 Å². The number of fused-ring (bicyclic) bond motifs is 2.